The SMILES string of the molecule is CC(C)NCc1cnnn1-c1cc(Br)ccc1Cl. The third kappa shape index (κ3) is 3.10. The van der Waals surface area contributed by atoms with Gasteiger partial charge in [-0.1, -0.05) is 46.6 Å². The van der Waals surface area contributed by atoms with Gasteiger partial charge in [0.15, 0.2) is 0 Å². The lowest BCUT2D eigenvalue weighted by Crippen LogP contribution is -2.23. The van der Waals surface area contributed by atoms with Crippen molar-refractivity contribution in [1.82, 2.24) is 20.3 Å². The summed E-state index contributed by atoms with van der Waals surface area (Å²) in [4.78, 5) is 0. The molecule has 0 bridgehead atoms. The Morgan fingerprint density at radius 1 is 1.44 bits per heavy atom. The van der Waals surface area contributed by atoms with E-state index < -0.39 is 0 Å². The van der Waals surface area contributed by atoms with Crippen LogP contribution in [0.3, 0.4) is 0 Å². The maximum absolute atomic E-state index is 6.19. The number of rotatable bonds is 4. The van der Waals surface area contributed by atoms with Gasteiger partial charge in [0.1, 0.15) is 0 Å². The van der Waals surface area contributed by atoms with Crippen molar-refractivity contribution in [1.29, 1.82) is 0 Å². The van der Waals surface area contributed by atoms with Gasteiger partial charge in [-0.15, -0.1) is 5.10 Å². The third-order valence-corrected chi connectivity index (χ3v) is 3.26. The molecule has 0 fully saturated rings. The van der Waals surface area contributed by atoms with Gasteiger partial charge < -0.3 is 5.32 Å². The molecule has 1 aromatic heterocycles. The lowest BCUT2D eigenvalue weighted by atomic mass is 10.3. The van der Waals surface area contributed by atoms with E-state index in [1.54, 1.807) is 10.9 Å². The first-order valence-corrected chi connectivity index (χ1v) is 6.83. The minimum absolute atomic E-state index is 0.409. The molecule has 0 unspecified atom stereocenters. The highest BCUT2D eigenvalue weighted by Crippen LogP contribution is 2.24. The zero-order valence-corrected chi connectivity index (χ0v) is 12.5. The Labute approximate surface area is 119 Å². The number of hydrogen-bond acceptors (Lipinski definition) is 3. The first-order valence-electron chi connectivity index (χ1n) is 5.66. The van der Waals surface area contributed by atoms with E-state index in [1.165, 1.54) is 0 Å². The van der Waals surface area contributed by atoms with Gasteiger partial charge in [-0.25, -0.2) is 4.68 Å². The van der Waals surface area contributed by atoms with Crippen LogP contribution < -0.4 is 5.32 Å². The average Bonchev–Trinajstić information content (AvgIpc) is 2.77. The largest absolute Gasteiger partial charge is 0.309 e. The van der Waals surface area contributed by atoms with E-state index in [4.69, 9.17) is 11.6 Å². The van der Waals surface area contributed by atoms with Crippen molar-refractivity contribution in [3.8, 4) is 5.69 Å². The Morgan fingerprint density at radius 2 is 2.22 bits per heavy atom. The minimum Gasteiger partial charge on any atom is -0.309 e. The highest BCUT2D eigenvalue weighted by Gasteiger charge is 2.10. The molecule has 0 aliphatic rings. The summed E-state index contributed by atoms with van der Waals surface area (Å²) in [5.41, 5.74) is 1.80. The van der Waals surface area contributed by atoms with E-state index in [-0.39, 0.29) is 0 Å². The summed E-state index contributed by atoms with van der Waals surface area (Å²) in [5, 5.41) is 12.0. The molecule has 6 heteroatoms. The predicted molar refractivity (Wildman–Crippen MR) is 76.0 cm³/mol. The second kappa shape index (κ2) is 5.82. The summed E-state index contributed by atoms with van der Waals surface area (Å²) in [6.07, 6.45) is 1.74. The molecule has 2 aromatic rings. The molecule has 0 aliphatic carbocycles. The monoisotopic (exact) mass is 328 g/mol. The minimum atomic E-state index is 0.409. The van der Waals surface area contributed by atoms with Crippen LogP contribution in [0.1, 0.15) is 19.5 Å². The molecule has 0 spiro atoms. The Kier molecular flexibility index (Phi) is 4.37. The van der Waals surface area contributed by atoms with E-state index in [9.17, 15) is 0 Å². The summed E-state index contributed by atoms with van der Waals surface area (Å²) in [5.74, 6) is 0. The van der Waals surface area contributed by atoms with Gasteiger partial charge in [-0.05, 0) is 18.2 Å². The number of halogens is 2. The van der Waals surface area contributed by atoms with E-state index >= 15 is 0 Å². The molecule has 2 rings (SSSR count). The van der Waals surface area contributed by atoms with E-state index in [1.807, 2.05) is 18.2 Å². The Morgan fingerprint density at radius 3 is 2.94 bits per heavy atom. The zero-order valence-electron chi connectivity index (χ0n) is 10.2. The van der Waals surface area contributed by atoms with Crippen LogP contribution in [0, 0.1) is 0 Å². The number of nitrogens with one attached hydrogen (secondary N) is 1. The molecule has 1 aromatic carbocycles. The maximum atomic E-state index is 6.19. The first kappa shape index (κ1) is 13.5. The van der Waals surface area contributed by atoms with Crippen molar-refractivity contribution in [2.24, 2.45) is 0 Å². The van der Waals surface area contributed by atoms with Crippen LogP contribution in [-0.2, 0) is 6.54 Å². The first-order chi connectivity index (χ1) is 8.58. The standard InChI is InChI=1S/C12H14BrClN4/c1-8(2)15-6-10-7-16-17-18(10)12-5-9(13)3-4-11(12)14/h3-5,7-8,15H,6H2,1-2H3. The normalized spacial score (nSPS) is 11.2. The molecule has 0 aliphatic heterocycles. The molecule has 1 heterocycles. The van der Waals surface area contributed by atoms with Crippen LogP contribution >= 0.6 is 27.5 Å². The van der Waals surface area contributed by atoms with Crippen LogP contribution in [-0.4, -0.2) is 21.0 Å². The number of aromatic nitrogens is 3. The fourth-order valence-electron chi connectivity index (χ4n) is 1.54. The van der Waals surface area contributed by atoms with Crippen LogP contribution in [0.25, 0.3) is 5.69 Å². The molecular formula is C12H14BrClN4. The van der Waals surface area contributed by atoms with E-state index in [2.05, 4.69) is 45.4 Å². The summed E-state index contributed by atoms with van der Waals surface area (Å²) < 4.78 is 2.71. The summed E-state index contributed by atoms with van der Waals surface area (Å²) in [6.45, 7) is 4.90. The van der Waals surface area contributed by atoms with Gasteiger partial charge in [0, 0.05) is 17.1 Å². The molecular weight excluding hydrogens is 316 g/mol. The Hall–Kier alpha value is -0.910. The van der Waals surface area contributed by atoms with Gasteiger partial charge in [0.25, 0.3) is 0 Å². The number of nitrogens with zero attached hydrogens (tertiary/aromatic N) is 3. The van der Waals surface area contributed by atoms with Crippen LogP contribution in [0.2, 0.25) is 5.02 Å². The topological polar surface area (TPSA) is 42.7 Å². The van der Waals surface area contributed by atoms with Crippen molar-refractivity contribution in [3.05, 3.63) is 39.6 Å². The quantitative estimate of drug-likeness (QED) is 0.937. The van der Waals surface area contributed by atoms with E-state index in [0.29, 0.717) is 17.6 Å². The Balaban J connectivity index is 2.33. The van der Waals surface area contributed by atoms with Crippen molar-refractivity contribution in [2.45, 2.75) is 26.4 Å². The maximum Gasteiger partial charge on any atom is 0.0864 e. The predicted octanol–water partition coefficient (Wildman–Crippen LogP) is 3.18. The van der Waals surface area contributed by atoms with Crippen LogP contribution in [0.15, 0.2) is 28.9 Å². The van der Waals surface area contributed by atoms with Gasteiger partial charge in [-0.2, -0.15) is 0 Å². The second-order valence-corrected chi connectivity index (χ2v) is 5.59. The summed E-state index contributed by atoms with van der Waals surface area (Å²) in [6, 6.07) is 6.07. The highest BCUT2D eigenvalue weighted by molar-refractivity contribution is 9.10. The second-order valence-electron chi connectivity index (χ2n) is 4.27. The van der Waals surface area contributed by atoms with Gasteiger partial charge in [0.05, 0.1) is 22.6 Å². The molecule has 4 nitrogen and oxygen atoms in total. The fourth-order valence-corrected chi connectivity index (χ4v) is 2.08. The Bertz CT molecular complexity index is 539. The summed E-state index contributed by atoms with van der Waals surface area (Å²) >= 11 is 9.63. The van der Waals surface area contributed by atoms with E-state index in [0.717, 1.165) is 15.9 Å². The molecule has 0 saturated heterocycles. The highest BCUT2D eigenvalue weighted by atomic mass is 79.9. The molecule has 0 atom stereocenters. The third-order valence-electron chi connectivity index (χ3n) is 2.45. The zero-order chi connectivity index (χ0) is 13.1. The van der Waals surface area contributed by atoms with Gasteiger partial charge in [0.2, 0.25) is 0 Å². The van der Waals surface area contributed by atoms with Crippen molar-refractivity contribution in [2.75, 3.05) is 0 Å². The lowest BCUT2D eigenvalue weighted by molar-refractivity contribution is 0.570. The number of benzene rings is 1. The van der Waals surface area contributed by atoms with Crippen molar-refractivity contribution >= 4 is 27.5 Å². The molecule has 0 amide bonds. The summed E-state index contributed by atoms with van der Waals surface area (Å²) in [7, 11) is 0. The molecule has 18 heavy (non-hydrogen) atoms. The smallest absolute Gasteiger partial charge is 0.0864 e. The van der Waals surface area contributed by atoms with Crippen molar-refractivity contribution in [3.63, 3.8) is 0 Å². The van der Waals surface area contributed by atoms with Gasteiger partial charge >= 0.3 is 0 Å². The molecule has 0 saturated carbocycles. The molecule has 0 radical (unpaired) electrons. The van der Waals surface area contributed by atoms with Crippen LogP contribution in [0.5, 0.6) is 0 Å². The van der Waals surface area contributed by atoms with Gasteiger partial charge in [-0.3, -0.25) is 0 Å². The molecule has 1 N–H and O–H groups in total. The molecule has 96 valence electrons. The number of hydrogen-bond donors (Lipinski definition) is 1. The van der Waals surface area contributed by atoms with Crippen molar-refractivity contribution < 1.29 is 0 Å². The fraction of sp³-hybridized carbons (Fsp3) is 0.333. The van der Waals surface area contributed by atoms with Crippen LogP contribution in [0.4, 0.5) is 0 Å². The average molecular weight is 330 g/mol. The lowest BCUT2D eigenvalue weighted by Gasteiger charge is -2.11.